The molecule has 6 nitrogen and oxygen atoms in total. The van der Waals surface area contributed by atoms with Gasteiger partial charge in [0.05, 0.1) is 17.4 Å². The lowest BCUT2D eigenvalue weighted by Crippen LogP contribution is -1.98. The molecule has 0 atom stereocenters. The summed E-state index contributed by atoms with van der Waals surface area (Å²) in [6.45, 7) is 0. The topological polar surface area (TPSA) is 83.8 Å². The van der Waals surface area contributed by atoms with E-state index in [9.17, 15) is 9.18 Å². The maximum absolute atomic E-state index is 13.3. The van der Waals surface area contributed by atoms with Crippen molar-refractivity contribution in [2.45, 2.75) is 0 Å². The van der Waals surface area contributed by atoms with Gasteiger partial charge in [-0.15, -0.1) is 0 Å². The van der Waals surface area contributed by atoms with Crippen LogP contribution in [0.3, 0.4) is 0 Å². The van der Waals surface area contributed by atoms with E-state index in [1.165, 1.54) is 6.07 Å². The van der Waals surface area contributed by atoms with E-state index in [-0.39, 0.29) is 11.1 Å². The Balaban J connectivity index is 2.25. The van der Waals surface area contributed by atoms with Crippen LogP contribution in [0.15, 0.2) is 24.7 Å². The SMILES string of the molecule is Cn1cnc(-c2nc3c(C(=O)O)cc(F)cc3[nH]2)c1. The highest BCUT2D eigenvalue weighted by molar-refractivity contribution is 6.01. The highest BCUT2D eigenvalue weighted by Gasteiger charge is 2.16. The number of aromatic amines is 1. The zero-order valence-corrected chi connectivity index (χ0v) is 9.88. The molecule has 0 bridgehead atoms. The lowest BCUT2D eigenvalue weighted by molar-refractivity contribution is 0.0698. The molecule has 2 aromatic heterocycles. The van der Waals surface area contributed by atoms with E-state index in [0.717, 1.165) is 6.07 Å². The summed E-state index contributed by atoms with van der Waals surface area (Å²) in [6, 6.07) is 2.16. The molecule has 0 unspecified atom stereocenters. The van der Waals surface area contributed by atoms with Gasteiger partial charge in [-0.05, 0) is 12.1 Å². The molecule has 0 fully saturated rings. The predicted octanol–water partition coefficient (Wildman–Crippen LogP) is 1.80. The predicted molar refractivity (Wildman–Crippen MR) is 65.2 cm³/mol. The van der Waals surface area contributed by atoms with Crippen LogP contribution in [0.2, 0.25) is 0 Å². The summed E-state index contributed by atoms with van der Waals surface area (Å²) in [7, 11) is 1.81. The molecule has 0 aliphatic carbocycles. The van der Waals surface area contributed by atoms with Gasteiger partial charge in [-0.2, -0.15) is 0 Å². The first-order chi connectivity index (χ1) is 9.04. The molecular formula is C12H9FN4O2. The van der Waals surface area contributed by atoms with Crippen molar-refractivity contribution in [2.75, 3.05) is 0 Å². The van der Waals surface area contributed by atoms with E-state index in [1.807, 2.05) is 7.05 Å². The Bertz CT molecular complexity index is 790. The van der Waals surface area contributed by atoms with E-state index in [2.05, 4.69) is 15.0 Å². The molecule has 2 N–H and O–H groups in total. The Morgan fingerprint density at radius 2 is 2.26 bits per heavy atom. The van der Waals surface area contributed by atoms with Crippen molar-refractivity contribution in [1.82, 2.24) is 19.5 Å². The molecule has 2 heterocycles. The minimum atomic E-state index is -1.22. The zero-order valence-electron chi connectivity index (χ0n) is 9.88. The van der Waals surface area contributed by atoms with Crippen LogP contribution in [0.25, 0.3) is 22.6 Å². The van der Waals surface area contributed by atoms with Crippen LogP contribution in [0.5, 0.6) is 0 Å². The molecule has 19 heavy (non-hydrogen) atoms. The van der Waals surface area contributed by atoms with Crippen LogP contribution in [0, 0.1) is 5.82 Å². The number of aromatic nitrogens is 4. The van der Waals surface area contributed by atoms with Gasteiger partial charge in [-0.3, -0.25) is 0 Å². The molecule has 3 aromatic rings. The molecule has 0 amide bonds. The van der Waals surface area contributed by atoms with Gasteiger partial charge < -0.3 is 14.7 Å². The summed E-state index contributed by atoms with van der Waals surface area (Å²) < 4.78 is 15.1. The van der Waals surface area contributed by atoms with Crippen LogP contribution < -0.4 is 0 Å². The molecule has 3 rings (SSSR count). The fourth-order valence-electron chi connectivity index (χ4n) is 1.90. The van der Waals surface area contributed by atoms with Crippen molar-refractivity contribution in [1.29, 1.82) is 0 Å². The van der Waals surface area contributed by atoms with Crippen molar-refractivity contribution in [3.05, 3.63) is 36.0 Å². The van der Waals surface area contributed by atoms with E-state index in [1.54, 1.807) is 17.1 Å². The summed E-state index contributed by atoms with van der Waals surface area (Å²) >= 11 is 0. The first kappa shape index (κ1) is 11.4. The maximum atomic E-state index is 13.3. The maximum Gasteiger partial charge on any atom is 0.338 e. The standard InChI is InChI=1S/C12H9FN4O2/c1-17-4-9(14-5-17)11-15-8-3-6(13)2-7(12(18)19)10(8)16-11/h2-5H,1H3,(H,15,16)(H,18,19). The molecule has 0 aliphatic heterocycles. The molecule has 7 heteroatoms. The van der Waals surface area contributed by atoms with Crippen molar-refractivity contribution in [3.63, 3.8) is 0 Å². The molecule has 0 aliphatic rings. The molecule has 0 spiro atoms. The third-order valence-electron chi connectivity index (χ3n) is 2.73. The normalized spacial score (nSPS) is 11.1. The molecule has 1 aromatic carbocycles. The van der Waals surface area contributed by atoms with Crippen molar-refractivity contribution < 1.29 is 14.3 Å². The number of aromatic carboxylic acids is 1. The number of benzene rings is 1. The summed E-state index contributed by atoms with van der Waals surface area (Å²) in [5, 5.41) is 9.05. The third kappa shape index (κ3) is 1.85. The highest BCUT2D eigenvalue weighted by Crippen LogP contribution is 2.23. The monoisotopic (exact) mass is 260 g/mol. The number of aryl methyl sites for hydroxylation is 1. The van der Waals surface area contributed by atoms with Gasteiger partial charge in [0.1, 0.15) is 17.0 Å². The Kier molecular flexibility index (Phi) is 2.34. The highest BCUT2D eigenvalue weighted by atomic mass is 19.1. The number of H-pyrrole nitrogens is 1. The van der Waals surface area contributed by atoms with Crippen LogP contribution in [-0.2, 0) is 7.05 Å². The Morgan fingerprint density at radius 3 is 2.89 bits per heavy atom. The molecule has 96 valence electrons. The van der Waals surface area contributed by atoms with Crippen LogP contribution in [-0.4, -0.2) is 30.6 Å². The van der Waals surface area contributed by atoms with Gasteiger partial charge in [-0.25, -0.2) is 19.2 Å². The summed E-state index contributed by atoms with van der Waals surface area (Å²) in [5.74, 6) is -1.44. The number of halogens is 1. The molecule has 0 saturated carbocycles. The minimum Gasteiger partial charge on any atom is -0.478 e. The smallest absolute Gasteiger partial charge is 0.338 e. The van der Waals surface area contributed by atoms with Crippen molar-refractivity contribution in [3.8, 4) is 11.5 Å². The third-order valence-corrected chi connectivity index (χ3v) is 2.73. The fourth-order valence-corrected chi connectivity index (χ4v) is 1.90. The number of hydrogen-bond acceptors (Lipinski definition) is 3. The Hall–Kier alpha value is -2.70. The van der Waals surface area contributed by atoms with Crippen molar-refractivity contribution in [2.24, 2.45) is 7.05 Å². The second-order valence-electron chi connectivity index (χ2n) is 4.16. The van der Waals surface area contributed by atoms with E-state index >= 15 is 0 Å². The summed E-state index contributed by atoms with van der Waals surface area (Å²) in [5.41, 5.74) is 0.941. The van der Waals surface area contributed by atoms with Crippen LogP contribution in [0.1, 0.15) is 10.4 Å². The number of rotatable bonds is 2. The van der Waals surface area contributed by atoms with E-state index < -0.39 is 11.8 Å². The van der Waals surface area contributed by atoms with Gasteiger partial charge in [-0.1, -0.05) is 0 Å². The van der Waals surface area contributed by atoms with Crippen LogP contribution in [0.4, 0.5) is 4.39 Å². The van der Waals surface area contributed by atoms with Gasteiger partial charge in [0, 0.05) is 13.2 Å². The zero-order chi connectivity index (χ0) is 13.6. The number of carbonyl (C=O) groups is 1. The van der Waals surface area contributed by atoms with Gasteiger partial charge >= 0.3 is 5.97 Å². The van der Waals surface area contributed by atoms with Gasteiger partial charge in [0.2, 0.25) is 0 Å². The first-order valence-corrected chi connectivity index (χ1v) is 5.45. The minimum absolute atomic E-state index is 0.173. The van der Waals surface area contributed by atoms with E-state index in [4.69, 9.17) is 5.11 Å². The fraction of sp³-hybridized carbons (Fsp3) is 0.0833. The molecular weight excluding hydrogens is 251 g/mol. The molecule has 0 saturated heterocycles. The average molecular weight is 260 g/mol. The lowest BCUT2D eigenvalue weighted by Gasteiger charge is -1.95. The number of carboxylic acids is 1. The largest absolute Gasteiger partial charge is 0.478 e. The first-order valence-electron chi connectivity index (χ1n) is 5.45. The lowest BCUT2D eigenvalue weighted by atomic mass is 10.2. The number of hydrogen-bond donors (Lipinski definition) is 2. The summed E-state index contributed by atoms with van der Waals surface area (Å²) in [4.78, 5) is 22.2. The van der Waals surface area contributed by atoms with Crippen molar-refractivity contribution >= 4 is 17.0 Å². The van der Waals surface area contributed by atoms with E-state index in [0.29, 0.717) is 17.0 Å². The quantitative estimate of drug-likeness (QED) is 0.735. The number of nitrogens with zero attached hydrogens (tertiary/aromatic N) is 3. The Labute approximate surface area is 106 Å². The second-order valence-corrected chi connectivity index (χ2v) is 4.16. The van der Waals surface area contributed by atoms with Gasteiger partial charge in [0.25, 0.3) is 0 Å². The number of carboxylic acid groups (broad SMARTS) is 1. The number of fused-ring (bicyclic) bond motifs is 1. The average Bonchev–Trinajstić information content (AvgIpc) is 2.93. The second kappa shape index (κ2) is 3.91. The van der Waals surface area contributed by atoms with Gasteiger partial charge in [0.15, 0.2) is 5.82 Å². The van der Waals surface area contributed by atoms with Crippen LogP contribution >= 0.6 is 0 Å². The Morgan fingerprint density at radius 1 is 1.47 bits per heavy atom. The number of imidazole rings is 2. The summed E-state index contributed by atoms with van der Waals surface area (Å²) in [6.07, 6.45) is 3.33. The number of nitrogens with one attached hydrogen (secondary N) is 1. The molecule has 0 radical (unpaired) electrons.